The number of ether oxygens (including phenoxy) is 1. The SMILES string of the molecule is C/C=C/[C@H]1C/C=C\C[C@@H](Cl)[C@@H](COS(=O)(=O)c2ccc(C)cc2)O1. The number of aryl methyl sites for hydroxylation is 1. The van der Waals surface area contributed by atoms with Gasteiger partial charge in [0.25, 0.3) is 10.1 Å². The van der Waals surface area contributed by atoms with Crippen molar-refractivity contribution in [1.29, 1.82) is 0 Å². The Hall–Kier alpha value is -1.14. The molecule has 3 atom stereocenters. The van der Waals surface area contributed by atoms with Gasteiger partial charge in [-0.05, 0) is 38.8 Å². The van der Waals surface area contributed by atoms with E-state index in [1.807, 2.05) is 38.2 Å². The van der Waals surface area contributed by atoms with Crippen LogP contribution in [0.25, 0.3) is 0 Å². The standard InChI is InChI=1S/C18H23ClO4S/c1-3-6-15-7-4-5-8-17(19)18(23-15)13-22-24(20,21)16-11-9-14(2)10-12-16/h3-6,9-12,15,17-18H,7-8,13H2,1-2H3/b5-4-,6-3+/t15-,17+,18+/m0/s1. The summed E-state index contributed by atoms with van der Waals surface area (Å²) >= 11 is 6.35. The third kappa shape index (κ3) is 5.45. The van der Waals surface area contributed by atoms with E-state index in [1.165, 1.54) is 12.1 Å². The van der Waals surface area contributed by atoms with Crippen LogP contribution in [0.5, 0.6) is 0 Å². The summed E-state index contributed by atoms with van der Waals surface area (Å²) in [5, 5.41) is -0.345. The van der Waals surface area contributed by atoms with Gasteiger partial charge in [-0.2, -0.15) is 8.42 Å². The molecule has 0 aromatic heterocycles. The van der Waals surface area contributed by atoms with Crippen LogP contribution >= 0.6 is 11.6 Å². The molecule has 1 aromatic rings. The molecule has 0 saturated carbocycles. The fourth-order valence-corrected chi connectivity index (χ4v) is 3.54. The molecule has 2 rings (SSSR count). The van der Waals surface area contributed by atoms with E-state index in [0.717, 1.165) is 12.0 Å². The first-order valence-electron chi connectivity index (χ1n) is 7.96. The van der Waals surface area contributed by atoms with Gasteiger partial charge in [-0.3, -0.25) is 4.18 Å². The zero-order valence-electron chi connectivity index (χ0n) is 13.9. The monoisotopic (exact) mass is 370 g/mol. The third-order valence-electron chi connectivity index (χ3n) is 3.75. The minimum absolute atomic E-state index is 0.105. The van der Waals surface area contributed by atoms with Crippen LogP contribution in [0.4, 0.5) is 0 Å². The number of halogens is 1. The summed E-state index contributed by atoms with van der Waals surface area (Å²) < 4.78 is 35.7. The highest BCUT2D eigenvalue weighted by molar-refractivity contribution is 7.86. The van der Waals surface area contributed by atoms with E-state index < -0.39 is 16.2 Å². The molecule has 0 saturated heterocycles. The molecule has 0 amide bonds. The highest BCUT2D eigenvalue weighted by atomic mass is 35.5. The Morgan fingerprint density at radius 3 is 2.58 bits per heavy atom. The number of allylic oxidation sites excluding steroid dienone is 2. The smallest absolute Gasteiger partial charge is 0.297 e. The molecule has 1 heterocycles. The van der Waals surface area contributed by atoms with E-state index >= 15 is 0 Å². The van der Waals surface area contributed by atoms with Gasteiger partial charge >= 0.3 is 0 Å². The van der Waals surface area contributed by atoms with E-state index in [0.29, 0.717) is 6.42 Å². The average molecular weight is 371 g/mol. The van der Waals surface area contributed by atoms with E-state index in [9.17, 15) is 8.42 Å². The zero-order valence-corrected chi connectivity index (χ0v) is 15.5. The van der Waals surface area contributed by atoms with Gasteiger partial charge in [0, 0.05) is 0 Å². The highest BCUT2D eigenvalue weighted by Crippen LogP contribution is 2.22. The molecule has 1 aromatic carbocycles. The van der Waals surface area contributed by atoms with Crippen LogP contribution < -0.4 is 0 Å². The van der Waals surface area contributed by atoms with E-state index in [2.05, 4.69) is 0 Å². The van der Waals surface area contributed by atoms with Gasteiger partial charge in [0.1, 0.15) is 0 Å². The summed E-state index contributed by atoms with van der Waals surface area (Å²) in [6.45, 7) is 3.70. The van der Waals surface area contributed by atoms with Crippen LogP contribution in [-0.2, 0) is 19.0 Å². The summed E-state index contributed by atoms with van der Waals surface area (Å²) in [5.74, 6) is 0. The Labute approximate surface area is 149 Å². The number of benzene rings is 1. The Balaban J connectivity index is 2.07. The van der Waals surface area contributed by atoms with Crippen LogP contribution in [0.15, 0.2) is 53.5 Å². The Morgan fingerprint density at radius 1 is 1.25 bits per heavy atom. The molecule has 4 nitrogen and oxygen atoms in total. The molecule has 0 bridgehead atoms. The largest absolute Gasteiger partial charge is 0.367 e. The van der Waals surface area contributed by atoms with E-state index in [-0.39, 0.29) is 23.0 Å². The molecule has 132 valence electrons. The van der Waals surface area contributed by atoms with Crippen LogP contribution in [0, 0.1) is 6.92 Å². The number of hydrogen-bond donors (Lipinski definition) is 0. The summed E-state index contributed by atoms with van der Waals surface area (Å²) in [7, 11) is -3.83. The highest BCUT2D eigenvalue weighted by Gasteiger charge is 2.27. The molecule has 0 unspecified atom stereocenters. The van der Waals surface area contributed by atoms with E-state index in [4.69, 9.17) is 20.5 Å². The Bertz CT molecular complexity index is 679. The minimum Gasteiger partial charge on any atom is -0.367 e. The molecule has 0 fully saturated rings. The minimum atomic E-state index is -3.83. The van der Waals surface area contributed by atoms with Gasteiger partial charge in [-0.15, -0.1) is 11.6 Å². The molecule has 6 heteroatoms. The second-order valence-electron chi connectivity index (χ2n) is 5.75. The molecule has 24 heavy (non-hydrogen) atoms. The summed E-state index contributed by atoms with van der Waals surface area (Å²) in [4.78, 5) is 0.134. The van der Waals surface area contributed by atoms with Crippen molar-refractivity contribution >= 4 is 21.7 Å². The quantitative estimate of drug-likeness (QED) is 0.447. The summed E-state index contributed by atoms with van der Waals surface area (Å²) in [5.41, 5.74) is 0.985. The fourth-order valence-electron chi connectivity index (χ4n) is 2.39. The van der Waals surface area contributed by atoms with Crippen molar-refractivity contribution < 1.29 is 17.3 Å². The van der Waals surface area contributed by atoms with Gasteiger partial charge < -0.3 is 4.74 Å². The maximum Gasteiger partial charge on any atom is 0.297 e. The summed E-state index contributed by atoms with van der Waals surface area (Å²) in [6, 6.07) is 6.54. The first kappa shape index (κ1) is 19.2. The van der Waals surface area contributed by atoms with Crippen molar-refractivity contribution in [3.05, 3.63) is 54.1 Å². The number of alkyl halides is 1. The molecule has 0 N–H and O–H groups in total. The Kier molecular flexibility index (Phi) is 7.04. The van der Waals surface area contributed by atoms with Crippen molar-refractivity contribution in [2.75, 3.05) is 6.61 Å². The van der Waals surface area contributed by atoms with Gasteiger partial charge in [0.05, 0.1) is 29.1 Å². The second-order valence-corrected chi connectivity index (χ2v) is 7.93. The van der Waals surface area contributed by atoms with Crippen LogP contribution in [0.3, 0.4) is 0 Å². The van der Waals surface area contributed by atoms with Crippen LogP contribution in [0.2, 0.25) is 0 Å². The number of hydrogen-bond acceptors (Lipinski definition) is 4. The normalized spacial score (nSPS) is 26.9. The molecule has 0 aliphatic carbocycles. The predicted octanol–water partition coefficient (Wildman–Crippen LogP) is 3.99. The maximum absolute atomic E-state index is 12.3. The molecular formula is C18H23ClO4S. The summed E-state index contributed by atoms with van der Waals surface area (Å²) in [6.07, 6.45) is 8.57. The molecule has 1 aliphatic heterocycles. The van der Waals surface area contributed by atoms with Crippen molar-refractivity contribution in [1.82, 2.24) is 0 Å². The predicted molar refractivity (Wildman–Crippen MR) is 95.8 cm³/mol. The van der Waals surface area contributed by atoms with Crippen molar-refractivity contribution in [3.8, 4) is 0 Å². The number of rotatable bonds is 5. The zero-order chi connectivity index (χ0) is 17.6. The van der Waals surface area contributed by atoms with E-state index in [1.54, 1.807) is 12.1 Å². The van der Waals surface area contributed by atoms with Crippen LogP contribution in [0.1, 0.15) is 25.3 Å². The molecular weight excluding hydrogens is 348 g/mol. The lowest BCUT2D eigenvalue weighted by molar-refractivity contribution is -0.0132. The second kappa shape index (κ2) is 8.81. The fraction of sp³-hybridized carbons (Fsp3) is 0.444. The molecule has 1 aliphatic rings. The van der Waals surface area contributed by atoms with Gasteiger partial charge in [-0.1, -0.05) is 42.0 Å². The van der Waals surface area contributed by atoms with Crippen LogP contribution in [-0.4, -0.2) is 32.6 Å². The van der Waals surface area contributed by atoms with Gasteiger partial charge in [-0.25, -0.2) is 0 Å². The van der Waals surface area contributed by atoms with Gasteiger partial charge in [0.15, 0.2) is 0 Å². The Morgan fingerprint density at radius 2 is 1.92 bits per heavy atom. The lowest BCUT2D eigenvalue weighted by atomic mass is 10.1. The lowest BCUT2D eigenvalue weighted by Gasteiger charge is -2.27. The molecule has 0 radical (unpaired) electrons. The first-order chi connectivity index (χ1) is 11.4. The van der Waals surface area contributed by atoms with Crippen molar-refractivity contribution in [3.63, 3.8) is 0 Å². The average Bonchev–Trinajstić information content (AvgIpc) is 2.53. The molecule has 0 spiro atoms. The third-order valence-corrected chi connectivity index (χ3v) is 5.51. The topological polar surface area (TPSA) is 52.6 Å². The lowest BCUT2D eigenvalue weighted by Crippen LogP contribution is -2.35. The van der Waals surface area contributed by atoms with Crippen molar-refractivity contribution in [2.24, 2.45) is 0 Å². The first-order valence-corrected chi connectivity index (χ1v) is 9.80. The maximum atomic E-state index is 12.3. The van der Waals surface area contributed by atoms with Crippen molar-refractivity contribution in [2.45, 2.75) is 49.2 Å². The van der Waals surface area contributed by atoms with Gasteiger partial charge in [0.2, 0.25) is 0 Å².